The molecule has 1 aromatic carbocycles. The number of nitrogen functional groups attached to an aromatic ring is 1. The zero-order chi connectivity index (χ0) is 11.9. The van der Waals surface area contributed by atoms with Gasteiger partial charge in [-0.1, -0.05) is 6.07 Å². The third kappa shape index (κ3) is 1.73. The molecule has 1 aromatic rings. The second-order valence-electron chi connectivity index (χ2n) is 4.90. The predicted molar refractivity (Wildman–Crippen MR) is 65.9 cm³/mol. The van der Waals surface area contributed by atoms with Crippen LogP contribution in [-0.2, 0) is 4.74 Å². The molecule has 1 saturated carbocycles. The van der Waals surface area contributed by atoms with Crippen LogP contribution in [0, 0.1) is 0 Å². The van der Waals surface area contributed by atoms with Crippen molar-refractivity contribution in [3.63, 3.8) is 0 Å². The highest BCUT2D eigenvalue weighted by Gasteiger charge is 2.45. The van der Waals surface area contributed by atoms with E-state index < -0.39 is 0 Å². The summed E-state index contributed by atoms with van der Waals surface area (Å²) in [6.45, 7) is 0.724. The average molecular weight is 232 g/mol. The molecule has 4 heteroatoms. The highest BCUT2D eigenvalue weighted by molar-refractivity contribution is 5.89. The number of benzene rings is 1. The van der Waals surface area contributed by atoms with Crippen molar-refractivity contribution >= 4 is 17.5 Å². The van der Waals surface area contributed by atoms with Crippen LogP contribution in [0.2, 0.25) is 0 Å². The van der Waals surface area contributed by atoms with E-state index in [0.29, 0.717) is 5.69 Å². The molecular weight excluding hydrogens is 216 g/mol. The number of hydrogen-bond acceptors (Lipinski definition) is 3. The molecule has 0 radical (unpaired) electrons. The van der Waals surface area contributed by atoms with Crippen molar-refractivity contribution in [2.24, 2.45) is 0 Å². The van der Waals surface area contributed by atoms with E-state index >= 15 is 0 Å². The summed E-state index contributed by atoms with van der Waals surface area (Å²) in [5.41, 5.74) is 7.07. The molecule has 1 spiro atoms. The van der Waals surface area contributed by atoms with Crippen molar-refractivity contribution in [1.82, 2.24) is 0 Å². The lowest BCUT2D eigenvalue weighted by molar-refractivity contribution is -0.0610. The number of carbonyl (C=O) groups is 1. The fraction of sp³-hybridized carbons (Fsp3) is 0.462. The monoisotopic (exact) mass is 232 g/mol. The number of amides is 1. The highest BCUT2D eigenvalue weighted by atomic mass is 16.6. The Morgan fingerprint density at radius 3 is 2.71 bits per heavy atom. The first-order chi connectivity index (χ1) is 8.19. The first-order valence-electron chi connectivity index (χ1n) is 6.05. The third-order valence-electron chi connectivity index (χ3n) is 3.76. The minimum absolute atomic E-state index is 0.145. The Morgan fingerprint density at radius 2 is 2.12 bits per heavy atom. The predicted octanol–water partition coefficient (Wildman–Crippen LogP) is 2.54. The van der Waals surface area contributed by atoms with Crippen molar-refractivity contribution in [3.05, 3.63) is 24.3 Å². The van der Waals surface area contributed by atoms with Crippen molar-refractivity contribution in [2.75, 3.05) is 17.2 Å². The molecule has 2 N–H and O–H groups in total. The molecule has 90 valence electrons. The Hall–Kier alpha value is -1.71. The number of nitrogens with two attached hydrogens (primary N) is 1. The van der Waals surface area contributed by atoms with Crippen molar-refractivity contribution in [3.8, 4) is 0 Å². The Kier molecular flexibility index (Phi) is 2.24. The van der Waals surface area contributed by atoms with E-state index in [1.54, 1.807) is 11.0 Å². The molecule has 0 bridgehead atoms. The molecule has 0 atom stereocenters. The minimum atomic E-state index is -0.235. The largest absolute Gasteiger partial charge is 0.442 e. The van der Waals surface area contributed by atoms with Crippen LogP contribution in [-0.4, -0.2) is 18.2 Å². The molecule has 4 nitrogen and oxygen atoms in total. The van der Waals surface area contributed by atoms with E-state index in [0.717, 1.165) is 31.5 Å². The van der Waals surface area contributed by atoms with Gasteiger partial charge in [0.15, 0.2) is 0 Å². The summed E-state index contributed by atoms with van der Waals surface area (Å²) in [6.07, 6.45) is 3.90. The second kappa shape index (κ2) is 3.65. The first-order valence-corrected chi connectivity index (χ1v) is 6.05. The molecule has 1 saturated heterocycles. The molecule has 0 aromatic heterocycles. The van der Waals surface area contributed by atoms with Gasteiger partial charge in [-0.3, -0.25) is 4.90 Å². The smallest absolute Gasteiger partial charge is 0.414 e. The summed E-state index contributed by atoms with van der Waals surface area (Å²) >= 11 is 0. The van der Waals surface area contributed by atoms with Gasteiger partial charge in [-0.15, -0.1) is 0 Å². The Balaban J connectivity index is 1.79. The quantitative estimate of drug-likeness (QED) is 0.757. The summed E-state index contributed by atoms with van der Waals surface area (Å²) in [4.78, 5) is 13.6. The summed E-state index contributed by atoms with van der Waals surface area (Å²) in [5, 5.41) is 0. The van der Waals surface area contributed by atoms with E-state index in [4.69, 9.17) is 10.5 Å². The molecule has 3 rings (SSSR count). The van der Waals surface area contributed by atoms with Crippen molar-refractivity contribution in [1.29, 1.82) is 0 Å². The van der Waals surface area contributed by atoms with Gasteiger partial charge in [-0.05, 0) is 37.5 Å². The van der Waals surface area contributed by atoms with E-state index in [2.05, 4.69) is 0 Å². The molecule has 0 unspecified atom stereocenters. The molecule has 1 aliphatic heterocycles. The van der Waals surface area contributed by atoms with Crippen LogP contribution in [0.1, 0.15) is 25.7 Å². The normalized spacial score (nSPS) is 22.1. The number of ether oxygens (including phenoxy) is 1. The molecular formula is C13H16N2O2. The van der Waals surface area contributed by atoms with Crippen LogP contribution < -0.4 is 10.6 Å². The van der Waals surface area contributed by atoms with Gasteiger partial charge >= 0.3 is 6.09 Å². The van der Waals surface area contributed by atoms with Gasteiger partial charge in [0, 0.05) is 24.3 Å². The van der Waals surface area contributed by atoms with Gasteiger partial charge in [0.1, 0.15) is 5.60 Å². The maximum Gasteiger partial charge on any atom is 0.414 e. The van der Waals surface area contributed by atoms with E-state index in [9.17, 15) is 4.79 Å². The fourth-order valence-corrected chi connectivity index (χ4v) is 2.55. The zero-order valence-electron chi connectivity index (χ0n) is 9.69. The lowest BCUT2D eigenvalue weighted by Crippen LogP contribution is -2.53. The summed E-state index contributed by atoms with van der Waals surface area (Å²) < 4.78 is 5.56. The fourth-order valence-electron chi connectivity index (χ4n) is 2.55. The van der Waals surface area contributed by atoms with Gasteiger partial charge in [0.05, 0.1) is 0 Å². The zero-order valence-corrected chi connectivity index (χ0v) is 9.69. The van der Waals surface area contributed by atoms with Crippen LogP contribution in [0.5, 0.6) is 0 Å². The Bertz CT molecular complexity index is 454. The maximum absolute atomic E-state index is 12.0. The second-order valence-corrected chi connectivity index (χ2v) is 4.90. The molecule has 2 aliphatic rings. The van der Waals surface area contributed by atoms with E-state index in [1.165, 1.54) is 6.42 Å². The van der Waals surface area contributed by atoms with E-state index in [-0.39, 0.29) is 11.7 Å². The van der Waals surface area contributed by atoms with Gasteiger partial charge in [0.25, 0.3) is 0 Å². The molecule has 1 amide bonds. The standard InChI is InChI=1S/C13H16N2O2/c14-10-3-1-4-11(9-10)15-8-7-13(5-2-6-13)17-12(15)16/h1,3-4,9H,2,5-8,14H2. The highest BCUT2D eigenvalue weighted by Crippen LogP contribution is 2.42. The molecule has 1 aliphatic carbocycles. The summed E-state index contributed by atoms with van der Waals surface area (Å²) in [7, 11) is 0. The molecule has 2 fully saturated rings. The number of anilines is 2. The summed E-state index contributed by atoms with van der Waals surface area (Å²) in [6, 6.07) is 7.36. The third-order valence-corrected chi connectivity index (χ3v) is 3.76. The number of hydrogen-bond donors (Lipinski definition) is 1. The maximum atomic E-state index is 12.0. The van der Waals surface area contributed by atoms with Gasteiger partial charge in [0.2, 0.25) is 0 Å². The molecule has 1 heterocycles. The summed E-state index contributed by atoms with van der Waals surface area (Å²) in [5.74, 6) is 0. The van der Waals surface area contributed by atoms with Crippen molar-refractivity contribution in [2.45, 2.75) is 31.3 Å². The van der Waals surface area contributed by atoms with Gasteiger partial charge in [-0.2, -0.15) is 0 Å². The van der Waals surface area contributed by atoms with Crippen LogP contribution in [0.4, 0.5) is 16.2 Å². The molecule has 17 heavy (non-hydrogen) atoms. The van der Waals surface area contributed by atoms with Crippen LogP contribution in [0.3, 0.4) is 0 Å². The van der Waals surface area contributed by atoms with Crippen LogP contribution in [0.25, 0.3) is 0 Å². The SMILES string of the molecule is Nc1cccc(N2CCC3(CCC3)OC2=O)c1. The average Bonchev–Trinajstić information content (AvgIpc) is 2.26. The van der Waals surface area contributed by atoms with Gasteiger partial charge < -0.3 is 10.5 Å². The lowest BCUT2D eigenvalue weighted by atomic mass is 9.77. The Labute approximate surface area is 100 Å². The topological polar surface area (TPSA) is 55.6 Å². The van der Waals surface area contributed by atoms with Crippen LogP contribution in [0.15, 0.2) is 24.3 Å². The minimum Gasteiger partial charge on any atom is -0.442 e. The van der Waals surface area contributed by atoms with E-state index in [1.807, 2.05) is 18.2 Å². The first kappa shape index (κ1) is 10.4. The number of nitrogens with zero attached hydrogens (tertiary/aromatic N) is 1. The van der Waals surface area contributed by atoms with Crippen molar-refractivity contribution < 1.29 is 9.53 Å². The Morgan fingerprint density at radius 1 is 1.29 bits per heavy atom. The van der Waals surface area contributed by atoms with Crippen LogP contribution >= 0.6 is 0 Å². The van der Waals surface area contributed by atoms with Gasteiger partial charge in [-0.25, -0.2) is 4.79 Å². The number of rotatable bonds is 1. The number of carbonyl (C=O) groups excluding carboxylic acids is 1. The lowest BCUT2D eigenvalue weighted by Gasteiger charge is -2.46.